The van der Waals surface area contributed by atoms with Crippen LogP contribution in [0, 0.1) is 5.92 Å². The Balaban J connectivity index is 1.93. The number of nitrogens with one attached hydrogen (secondary N) is 1. The van der Waals surface area contributed by atoms with Crippen LogP contribution in [0.25, 0.3) is 0 Å². The molecule has 0 aliphatic heterocycles. The van der Waals surface area contributed by atoms with Crippen LogP contribution >= 0.6 is 0 Å². The number of benzene rings is 1. The molecule has 0 saturated heterocycles. The van der Waals surface area contributed by atoms with E-state index in [4.69, 9.17) is 0 Å². The number of aliphatic hydroxyl groups is 1. The highest BCUT2D eigenvalue weighted by molar-refractivity contribution is 5.94. The lowest BCUT2D eigenvalue weighted by atomic mass is 9.79. The van der Waals surface area contributed by atoms with Crippen LogP contribution in [0.5, 0.6) is 5.75 Å². The number of carbonyl (C=O) groups is 1. The number of hydrogen-bond acceptors (Lipinski definition) is 3. The molecule has 2 rings (SSSR count). The maximum Gasteiger partial charge on any atom is 0.251 e. The van der Waals surface area contributed by atoms with E-state index in [0.717, 1.165) is 25.7 Å². The van der Waals surface area contributed by atoms with Crippen molar-refractivity contribution in [1.82, 2.24) is 5.32 Å². The van der Waals surface area contributed by atoms with E-state index in [9.17, 15) is 15.0 Å². The monoisotopic (exact) mass is 263 g/mol. The van der Waals surface area contributed by atoms with E-state index in [2.05, 4.69) is 12.2 Å². The van der Waals surface area contributed by atoms with Crippen LogP contribution < -0.4 is 5.32 Å². The second kappa shape index (κ2) is 5.61. The van der Waals surface area contributed by atoms with Gasteiger partial charge in [-0.05, 0) is 37.0 Å². The van der Waals surface area contributed by atoms with Gasteiger partial charge in [0.2, 0.25) is 0 Å². The van der Waals surface area contributed by atoms with E-state index in [-0.39, 0.29) is 18.2 Å². The van der Waals surface area contributed by atoms with Gasteiger partial charge in [-0.2, -0.15) is 0 Å². The average molecular weight is 263 g/mol. The van der Waals surface area contributed by atoms with Gasteiger partial charge in [0, 0.05) is 12.1 Å². The summed E-state index contributed by atoms with van der Waals surface area (Å²) >= 11 is 0. The fourth-order valence-electron chi connectivity index (χ4n) is 2.79. The van der Waals surface area contributed by atoms with Crippen LogP contribution in [0.1, 0.15) is 43.0 Å². The molecule has 1 aromatic rings. The van der Waals surface area contributed by atoms with Gasteiger partial charge in [0.15, 0.2) is 0 Å². The maximum atomic E-state index is 11.9. The highest BCUT2D eigenvalue weighted by Gasteiger charge is 2.32. The van der Waals surface area contributed by atoms with Crippen molar-refractivity contribution in [3.63, 3.8) is 0 Å². The minimum Gasteiger partial charge on any atom is -0.508 e. The maximum absolute atomic E-state index is 11.9. The van der Waals surface area contributed by atoms with Gasteiger partial charge in [0.25, 0.3) is 5.91 Å². The van der Waals surface area contributed by atoms with Gasteiger partial charge in [-0.25, -0.2) is 0 Å². The summed E-state index contributed by atoms with van der Waals surface area (Å²) in [6.07, 6.45) is 3.60. The van der Waals surface area contributed by atoms with Gasteiger partial charge in [-0.15, -0.1) is 0 Å². The summed E-state index contributed by atoms with van der Waals surface area (Å²) in [6.45, 7) is 2.40. The lowest BCUT2D eigenvalue weighted by Gasteiger charge is -2.35. The third kappa shape index (κ3) is 3.70. The predicted molar refractivity (Wildman–Crippen MR) is 73.0 cm³/mol. The molecule has 0 radical (unpaired) electrons. The third-order valence-electron chi connectivity index (χ3n) is 3.75. The van der Waals surface area contributed by atoms with Crippen molar-refractivity contribution in [1.29, 1.82) is 0 Å². The van der Waals surface area contributed by atoms with Gasteiger partial charge >= 0.3 is 0 Å². The molecule has 1 saturated carbocycles. The van der Waals surface area contributed by atoms with E-state index in [1.54, 1.807) is 12.1 Å². The Morgan fingerprint density at radius 1 is 1.53 bits per heavy atom. The average Bonchev–Trinajstić information content (AvgIpc) is 2.36. The smallest absolute Gasteiger partial charge is 0.251 e. The Morgan fingerprint density at radius 2 is 2.32 bits per heavy atom. The Kier molecular flexibility index (Phi) is 4.10. The minimum absolute atomic E-state index is 0.0673. The molecule has 2 unspecified atom stereocenters. The topological polar surface area (TPSA) is 69.6 Å². The van der Waals surface area contributed by atoms with Gasteiger partial charge in [-0.3, -0.25) is 4.79 Å². The summed E-state index contributed by atoms with van der Waals surface area (Å²) in [7, 11) is 0. The highest BCUT2D eigenvalue weighted by atomic mass is 16.3. The standard InChI is InChI=1S/C15H21NO3/c1-11-4-3-7-15(19,9-11)10-16-14(18)12-5-2-6-13(17)8-12/h2,5-6,8,11,17,19H,3-4,7,9-10H2,1H3,(H,16,18). The van der Waals surface area contributed by atoms with Crippen molar-refractivity contribution >= 4 is 5.91 Å². The number of amides is 1. The molecule has 1 amide bonds. The SMILES string of the molecule is CC1CCCC(O)(CNC(=O)c2cccc(O)c2)C1. The Hall–Kier alpha value is -1.55. The van der Waals surface area contributed by atoms with Gasteiger partial charge in [0.05, 0.1) is 5.60 Å². The van der Waals surface area contributed by atoms with E-state index in [0.29, 0.717) is 11.5 Å². The molecule has 4 nitrogen and oxygen atoms in total. The first-order valence-electron chi connectivity index (χ1n) is 6.78. The van der Waals surface area contributed by atoms with Crippen LogP contribution in [0.4, 0.5) is 0 Å². The molecule has 1 fully saturated rings. The van der Waals surface area contributed by atoms with Crippen molar-refractivity contribution in [2.75, 3.05) is 6.54 Å². The van der Waals surface area contributed by atoms with Crippen molar-refractivity contribution in [2.45, 2.75) is 38.2 Å². The minimum atomic E-state index is -0.788. The van der Waals surface area contributed by atoms with Crippen LogP contribution in [0.3, 0.4) is 0 Å². The molecule has 19 heavy (non-hydrogen) atoms. The molecule has 1 aliphatic carbocycles. The molecule has 2 atom stereocenters. The molecule has 4 heteroatoms. The first-order valence-corrected chi connectivity index (χ1v) is 6.78. The summed E-state index contributed by atoms with van der Waals surface area (Å²) in [6, 6.07) is 6.21. The quantitative estimate of drug-likeness (QED) is 0.782. The van der Waals surface area contributed by atoms with E-state index in [1.807, 2.05) is 0 Å². The molecule has 1 aliphatic rings. The number of aromatic hydroxyl groups is 1. The normalized spacial score (nSPS) is 26.9. The largest absolute Gasteiger partial charge is 0.508 e. The van der Waals surface area contributed by atoms with Gasteiger partial charge in [0.1, 0.15) is 5.75 Å². The molecule has 0 spiro atoms. The van der Waals surface area contributed by atoms with Crippen molar-refractivity contribution < 1.29 is 15.0 Å². The van der Waals surface area contributed by atoms with Crippen molar-refractivity contribution in [3.05, 3.63) is 29.8 Å². The fraction of sp³-hybridized carbons (Fsp3) is 0.533. The summed E-state index contributed by atoms with van der Waals surface area (Å²) < 4.78 is 0. The van der Waals surface area contributed by atoms with Gasteiger partial charge in [-0.1, -0.05) is 25.8 Å². The van der Waals surface area contributed by atoms with E-state index >= 15 is 0 Å². The second-order valence-electron chi connectivity index (χ2n) is 5.66. The lowest BCUT2D eigenvalue weighted by Crippen LogP contribution is -2.45. The zero-order chi connectivity index (χ0) is 13.9. The van der Waals surface area contributed by atoms with Crippen LogP contribution in [-0.2, 0) is 0 Å². The number of hydrogen-bond donors (Lipinski definition) is 3. The molecule has 0 aromatic heterocycles. The summed E-state index contributed by atoms with van der Waals surface area (Å²) in [5.74, 6) is 0.302. The van der Waals surface area contributed by atoms with Crippen LogP contribution in [-0.4, -0.2) is 28.3 Å². The first-order chi connectivity index (χ1) is 8.98. The highest BCUT2D eigenvalue weighted by Crippen LogP contribution is 2.31. The zero-order valence-electron chi connectivity index (χ0n) is 11.2. The Bertz CT molecular complexity index is 460. The number of phenols is 1. The molecular weight excluding hydrogens is 242 g/mol. The third-order valence-corrected chi connectivity index (χ3v) is 3.75. The fourth-order valence-corrected chi connectivity index (χ4v) is 2.79. The van der Waals surface area contributed by atoms with Crippen LogP contribution in [0.2, 0.25) is 0 Å². The lowest BCUT2D eigenvalue weighted by molar-refractivity contribution is -0.0109. The molecular formula is C15H21NO3. The summed E-state index contributed by atoms with van der Waals surface area (Å²) in [5, 5.41) is 22.5. The first kappa shape index (κ1) is 13.9. The molecule has 3 N–H and O–H groups in total. The number of phenolic OH excluding ortho intramolecular Hbond substituents is 1. The van der Waals surface area contributed by atoms with Gasteiger partial charge < -0.3 is 15.5 Å². The van der Waals surface area contributed by atoms with E-state index < -0.39 is 5.60 Å². The summed E-state index contributed by atoms with van der Waals surface area (Å²) in [5.41, 5.74) is -0.378. The number of carbonyl (C=O) groups excluding carboxylic acids is 1. The number of rotatable bonds is 3. The second-order valence-corrected chi connectivity index (χ2v) is 5.66. The summed E-state index contributed by atoms with van der Waals surface area (Å²) in [4.78, 5) is 11.9. The zero-order valence-corrected chi connectivity index (χ0v) is 11.2. The van der Waals surface area contributed by atoms with Crippen molar-refractivity contribution in [2.24, 2.45) is 5.92 Å². The van der Waals surface area contributed by atoms with E-state index in [1.165, 1.54) is 12.1 Å². The Morgan fingerprint density at radius 3 is 3.00 bits per heavy atom. The predicted octanol–water partition coefficient (Wildman–Crippen LogP) is 2.06. The Labute approximate surface area is 113 Å². The molecule has 0 bridgehead atoms. The molecule has 104 valence electrons. The van der Waals surface area contributed by atoms with Crippen LogP contribution in [0.15, 0.2) is 24.3 Å². The van der Waals surface area contributed by atoms with Crippen molar-refractivity contribution in [3.8, 4) is 5.75 Å². The molecule has 1 aromatic carbocycles. The molecule has 0 heterocycles.